The van der Waals surface area contributed by atoms with Gasteiger partial charge in [-0.25, -0.2) is 0 Å². The van der Waals surface area contributed by atoms with Crippen LogP contribution in [-0.4, -0.2) is 24.0 Å². The van der Waals surface area contributed by atoms with Crippen molar-refractivity contribution in [2.45, 2.75) is 26.3 Å². The van der Waals surface area contributed by atoms with E-state index in [-0.39, 0.29) is 17.5 Å². The van der Waals surface area contributed by atoms with Gasteiger partial charge in [-0.15, -0.1) is 0 Å². The predicted molar refractivity (Wildman–Crippen MR) is 75.1 cm³/mol. The normalized spacial score (nSPS) is 13.8. The highest BCUT2D eigenvalue weighted by Gasteiger charge is 2.28. The van der Waals surface area contributed by atoms with E-state index in [1.807, 2.05) is 13.8 Å². The third kappa shape index (κ3) is 4.03. The summed E-state index contributed by atoms with van der Waals surface area (Å²) in [5.74, 6) is -0.325. The number of nitrogens with two attached hydrogens (primary N) is 1. The molecule has 0 bridgehead atoms. The Labute approximate surface area is 118 Å². The minimum absolute atomic E-state index is 0.0483. The molecule has 0 heterocycles. The number of carbonyl (C=O) groups excluding carboxylic acids is 1. The first-order valence-electron chi connectivity index (χ1n) is 6.43. The Bertz CT molecular complexity index is 471. The summed E-state index contributed by atoms with van der Waals surface area (Å²) in [4.78, 5) is 21.7. The van der Waals surface area contributed by atoms with E-state index < -0.39 is 16.9 Å². The molecule has 0 aliphatic carbocycles. The summed E-state index contributed by atoms with van der Waals surface area (Å²) in [5.41, 5.74) is 6.88. The molecule has 1 aromatic carbocycles. The number of ether oxygens (including phenoxy) is 1. The van der Waals surface area contributed by atoms with Gasteiger partial charge in [0, 0.05) is 12.1 Å². The summed E-state index contributed by atoms with van der Waals surface area (Å²) in [6.45, 7) is 3.97. The Morgan fingerprint density at radius 1 is 1.35 bits per heavy atom. The van der Waals surface area contributed by atoms with Gasteiger partial charge in [-0.2, -0.15) is 0 Å². The fourth-order valence-electron chi connectivity index (χ4n) is 2.11. The zero-order valence-corrected chi connectivity index (χ0v) is 11.9. The van der Waals surface area contributed by atoms with Crippen molar-refractivity contribution in [3.8, 4) is 0 Å². The molecule has 0 aromatic heterocycles. The quantitative estimate of drug-likeness (QED) is 0.488. The lowest BCUT2D eigenvalue weighted by atomic mass is 9.83. The van der Waals surface area contributed by atoms with Crippen LogP contribution in [0, 0.1) is 22.0 Å². The maximum absolute atomic E-state index is 11.6. The Morgan fingerprint density at radius 3 is 2.30 bits per heavy atom. The van der Waals surface area contributed by atoms with Gasteiger partial charge in [-0.05, 0) is 23.8 Å². The molecule has 2 atom stereocenters. The molecule has 20 heavy (non-hydrogen) atoms. The van der Waals surface area contributed by atoms with Crippen molar-refractivity contribution < 1.29 is 14.5 Å². The number of rotatable bonds is 6. The van der Waals surface area contributed by atoms with Crippen LogP contribution in [0.15, 0.2) is 24.3 Å². The lowest BCUT2D eigenvalue weighted by molar-refractivity contribution is -0.384. The van der Waals surface area contributed by atoms with Gasteiger partial charge >= 0.3 is 5.97 Å². The van der Waals surface area contributed by atoms with Crippen LogP contribution >= 0.6 is 0 Å². The average Bonchev–Trinajstić information content (AvgIpc) is 2.43. The van der Waals surface area contributed by atoms with Gasteiger partial charge in [0.15, 0.2) is 0 Å². The molecule has 0 fully saturated rings. The van der Waals surface area contributed by atoms with E-state index in [0.29, 0.717) is 6.42 Å². The van der Waals surface area contributed by atoms with E-state index in [9.17, 15) is 14.9 Å². The van der Waals surface area contributed by atoms with Crippen molar-refractivity contribution in [3.63, 3.8) is 0 Å². The highest BCUT2D eigenvalue weighted by molar-refractivity contribution is 5.75. The van der Waals surface area contributed by atoms with Crippen LogP contribution < -0.4 is 5.73 Å². The summed E-state index contributed by atoms with van der Waals surface area (Å²) in [5, 5.41) is 10.6. The standard InChI is InChI=1S/C14H20N2O4/c1-9(2)12(13(15)14(17)20-3)8-10-4-6-11(7-5-10)16(18)19/h4-7,9,12-13H,8,15H2,1-3H3. The largest absolute Gasteiger partial charge is 0.468 e. The molecule has 0 amide bonds. The third-order valence-corrected chi connectivity index (χ3v) is 3.41. The highest BCUT2D eigenvalue weighted by Crippen LogP contribution is 2.22. The van der Waals surface area contributed by atoms with Crippen LogP contribution in [0.1, 0.15) is 19.4 Å². The number of esters is 1. The number of hydrogen-bond acceptors (Lipinski definition) is 5. The summed E-state index contributed by atoms with van der Waals surface area (Å²) in [6, 6.07) is 5.59. The molecule has 6 nitrogen and oxygen atoms in total. The predicted octanol–water partition coefficient (Wildman–Crippen LogP) is 1.91. The molecule has 2 unspecified atom stereocenters. The van der Waals surface area contributed by atoms with E-state index in [1.54, 1.807) is 12.1 Å². The number of nitrogens with zero attached hydrogens (tertiary/aromatic N) is 1. The van der Waals surface area contributed by atoms with Crippen molar-refractivity contribution in [2.75, 3.05) is 7.11 Å². The first-order valence-corrected chi connectivity index (χ1v) is 6.43. The van der Waals surface area contributed by atoms with Gasteiger partial charge < -0.3 is 10.5 Å². The smallest absolute Gasteiger partial charge is 0.322 e. The summed E-state index contributed by atoms with van der Waals surface area (Å²) in [7, 11) is 1.31. The maximum atomic E-state index is 11.6. The van der Waals surface area contributed by atoms with Crippen LogP contribution in [0.5, 0.6) is 0 Å². The highest BCUT2D eigenvalue weighted by atomic mass is 16.6. The van der Waals surface area contributed by atoms with Gasteiger partial charge in [-0.3, -0.25) is 14.9 Å². The fraction of sp³-hybridized carbons (Fsp3) is 0.500. The van der Waals surface area contributed by atoms with Crippen LogP contribution in [0.4, 0.5) is 5.69 Å². The summed E-state index contributed by atoms with van der Waals surface area (Å²) >= 11 is 0. The van der Waals surface area contributed by atoms with E-state index in [0.717, 1.165) is 5.56 Å². The van der Waals surface area contributed by atoms with Gasteiger partial charge in [0.25, 0.3) is 5.69 Å². The number of nitro benzene ring substituents is 1. The number of benzene rings is 1. The Hall–Kier alpha value is -1.95. The minimum Gasteiger partial charge on any atom is -0.468 e. The maximum Gasteiger partial charge on any atom is 0.322 e. The monoisotopic (exact) mass is 280 g/mol. The molecule has 0 saturated carbocycles. The molecule has 6 heteroatoms. The van der Waals surface area contributed by atoms with Crippen molar-refractivity contribution >= 4 is 11.7 Å². The Morgan fingerprint density at radius 2 is 1.90 bits per heavy atom. The number of methoxy groups -OCH3 is 1. The molecule has 1 aromatic rings. The molecule has 0 saturated heterocycles. The SMILES string of the molecule is COC(=O)C(N)C(Cc1ccc([N+](=O)[O-])cc1)C(C)C. The molecule has 110 valence electrons. The molecule has 0 radical (unpaired) electrons. The van der Waals surface area contributed by atoms with Crippen molar-refractivity contribution in [1.82, 2.24) is 0 Å². The van der Waals surface area contributed by atoms with E-state index in [1.165, 1.54) is 19.2 Å². The van der Waals surface area contributed by atoms with Crippen LogP contribution in [0.3, 0.4) is 0 Å². The lowest BCUT2D eigenvalue weighted by Crippen LogP contribution is -2.42. The molecule has 0 aliphatic heterocycles. The number of non-ortho nitro benzene ring substituents is 1. The van der Waals surface area contributed by atoms with Crippen LogP contribution in [0.2, 0.25) is 0 Å². The van der Waals surface area contributed by atoms with Gasteiger partial charge in [-0.1, -0.05) is 26.0 Å². The number of carbonyl (C=O) groups is 1. The van der Waals surface area contributed by atoms with Crippen LogP contribution in [0.25, 0.3) is 0 Å². The van der Waals surface area contributed by atoms with Crippen molar-refractivity contribution in [1.29, 1.82) is 0 Å². The molecular weight excluding hydrogens is 260 g/mol. The molecule has 0 spiro atoms. The Balaban J connectivity index is 2.85. The molecule has 1 rings (SSSR count). The van der Waals surface area contributed by atoms with E-state index in [4.69, 9.17) is 5.73 Å². The molecule has 2 N–H and O–H groups in total. The third-order valence-electron chi connectivity index (χ3n) is 3.41. The zero-order chi connectivity index (χ0) is 15.3. The Kier molecular flexibility index (Phi) is 5.64. The van der Waals surface area contributed by atoms with Gasteiger partial charge in [0.1, 0.15) is 6.04 Å². The van der Waals surface area contributed by atoms with Crippen molar-refractivity contribution in [2.24, 2.45) is 17.6 Å². The second kappa shape index (κ2) is 7.00. The second-order valence-electron chi connectivity index (χ2n) is 5.08. The van der Waals surface area contributed by atoms with Gasteiger partial charge in [0.2, 0.25) is 0 Å². The zero-order valence-electron chi connectivity index (χ0n) is 11.9. The van der Waals surface area contributed by atoms with Gasteiger partial charge in [0.05, 0.1) is 12.0 Å². The minimum atomic E-state index is -0.699. The number of nitro groups is 1. The summed E-state index contributed by atoms with van der Waals surface area (Å²) < 4.78 is 4.68. The summed E-state index contributed by atoms with van der Waals surface area (Å²) in [6.07, 6.45) is 0.575. The number of hydrogen-bond donors (Lipinski definition) is 1. The van der Waals surface area contributed by atoms with E-state index >= 15 is 0 Å². The first-order chi connectivity index (χ1) is 9.36. The topological polar surface area (TPSA) is 95.5 Å². The van der Waals surface area contributed by atoms with E-state index in [2.05, 4.69) is 4.74 Å². The first kappa shape index (κ1) is 16.1. The average molecular weight is 280 g/mol. The molecular formula is C14H20N2O4. The molecule has 0 aliphatic rings. The fourth-order valence-corrected chi connectivity index (χ4v) is 2.11. The second-order valence-corrected chi connectivity index (χ2v) is 5.08. The van der Waals surface area contributed by atoms with Crippen LogP contribution in [-0.2, 0) is 16.0 Å². The lowest BCUT2D eigenvalue weighted by Gasteiger charge is -2.25. The van der Waals surface area contributed by atoms with Crippen molar-refractivity contribution in [3.05, 3.63) is 39.9 Å².